The molecule has 5 aromatic rings. The molecule has 0 saturated heterocycles. The monoisotopic (exact) mass is 485 g/mol. The molecular formula is C20H14ClF2N9O2. The molecule has 1 atom stereocenters. The van der Waals surface area contributed by atoms with Crippen molar-refractivity contribution in [2.45, 2.75) is 19.0 Å². The molecule has 1 aliphatic rings. The number of pyridine rings is 1. The van der Waals surface area contributed by atoms with Gasteiger partial charge in [0.25, 0.3) is 5.89 Å². The van der Waals surface area contributed by atoms with E-state index in [0.717, 1.165) is 17.4 Å². The van der Waals surface area contributed by atoms with Crippen molar-refractivity contribution in [2.75, 3.05) is 6.54 Å². The highest BCUT2D eigenvalue weighted by molar-refractivity contribution is 6.29. The summed E-state index contributed by atoms with van der Waals surface area (Å²) >= 11 is 6.28. The van der Waals surface area contributed by atoms with Crippen LogP contribution in [-0.2, 0) is 6.42 Å². The molecule has 1 aliphatic heterocycles. The molecular weight excluding hydrogens is 472 g/mol. The van der Waals surface area contributed by atoms with Crippen molar-refractivity contribution in [3.63, 3.8) is 0 Å². The number of halogens is 3. The maximum absolute atomic E-state index is 13.4. The van der Waals surface area contributed by atoms with Gasteiger partial charge in [-0.05, 0) is 24.3 Å². The lowest BCUT2D eigenvalue weighted by Crippen LogP contribution is -2.41. The fourth-order valence-corrected chi connectivity index (χ4v) is 4.23. The second-order valence-corrected chi connectivity index (χ2v) is 7.93. The van der Waals surface area contributed by atoms with Gasteiger partial charge in [-0.2, -0.15) is 19.0 Å². The number of H-pyrrole nitrogens is 1. The Morgan fingerprint density at radius 3 is 2.91 bits per heavy atom. The quantitative estimate of drug-likeness (QED) is 0.388. The molecule has 0 spiro atoms. The predicted octanol–water partition coefficient (Wildman–Crippen LogP) is 3.14. The van der Waals surface area contributed by atoms with Gasteiger partial charge in [0.1, 0.15) is 16.9 Å². The van der Waals surface area contributed by atoms with Gasteiger partial charge in [0.15, 0.2) is 0 Å². The minimum absolute atomic E-state index is 0.0339. The first-order valence-corrected chi connectivity index (χ1v) is 10.5. The summed E-state index contributed by atoms with van der Waals surface area (Å²) < 4.78 is 33.2. The molecule has 1 amide bonds. The Kier molecular flexibility index (Phi) is 4.65. The third-order valence-corrected chi connectivity index (χ3v) is 5.85. The molecule has 0 unspecified atom stereocenters. The van der Waals surface area contributed by atoms with Crippen LogP contribution in [0.4, 0.5) is 8.78 Å². The molecule has 1 N–H and O–H groups in total. The molecule has 6 heterocycles. The van der Waals surface area contributed by atoms with E-state index in [1.807, 2.05) is 18.2 Å². The van der Waals surface area contributed by atoms with Gasteiger partial charge in [0.2, 0.25) is 0 Å². The van der Waals surface area contributed by atoms with Crippen molar-refractivity contribution in [1.29, 1.82) is 0 Å². The molecule has 0 fully saturated rings. The number of fused-ring (bicyclic) bond motifs is 2. The van der Waals surface area contributed by atoms with Crippen LogP contribution in [0.1, 0.15) is 40.4 Å². The normalized spacial score (nSPS) is 15.9. The van der Waals surface area contributed by atoms with Crippen LogP contribution in [0.25, 0.3) is 17.1 Å². The highest BCUT2D eigenvalue weighted by Gasteiger charge is 2.38. The summed E-state index contributed by atoms with van der Waals surface area (Å²) in [6.45, 7) is -2.48. The standard InChI is InChI=1S/C20H14ClF2N9O2/c21-14-3-1-2-10-8-13(29-32(10)14)16-15-11(24-9-25-15)4-6-30(16)19(33)18-27-26-17(34-18)12-5-7-31(28-12)20(22)23/h1-3,5,7-9,16,20H,4,6H2,(H,24,25)/t16-/m1/s1. The third-order valence-electron chi connectivity index (χ3n) is 5.56. The van der Waals surface area contributed by atoms with Gasteiger partial charge in [-0.1, -0.05) is 17.7 Å². The summed E-state index contributed by atoms with van der Waals surface area (Å²) in [5.41, 5.74) is 2.89. The highest BCUT2D eigenvalue weighted by atomic mass is 35.5. The number of aromatic amines is 1. The Hall–Kier alpha value is -4.13. The van der Waals surface area contributed by atoms with E-state index in [1.165, 1.54) is 11.0 Å². The number of rotatable bonds is 4. The minimum atomic E-state index is -2.81. The SMILES string of the molecule is O=C(c1nnc(-c2ccn(C(F)F)n2)o1)N1CCc2[nH]cnc2[C@H]1c1cc2cccc(Cl)n2n1. The van der Waals surface area contributed by atoms with E-state index in [-0.39, 0.29) is 17.5 Å². The van der Waals surface area contributed by atoms with Crippen LogP contribution >= 0.6 is 11.6 Å². The zero-order chi connectivity index (χ0) is 23.4. The molecule has 0 saturated carbocycles. The number of imidazole rings is 1. The number of nitrogens with zero attached hydrogens (tertiary/aromatic N) is 8. The highest BCUT2D eigenvalue weighted by Crippen LogP contribution is 2.34. The zero-order valence-corrected chi connectivity index (χ0v) is 17.9. The summed E-state index contributed by atoms with van der Waals surface area (Å²) in [5, 5.41) is 16.3. The zero-order valence-electron chi connectivity index (χ0n) is 17.1. The van der Waals surface area contributed by atoms with Gasteiger partial charge in [0, 0.05) is 24.9 Å². The molecule has 0 aliphatic carbocycles. The van der Waals surface area contributed by atoms with E-state index in [0.29, 0.717) is 34.2 Å². The lowest BCUT2D eigenvalue weighted by molar-refractivity contribution is 0.0566. The largest absolute Gasteiger partial charge is 0.411 e. The summed E-state index contributed by atoms with van der Waals surface area (Å²) in [4.78, 5) is 22.5. The van der Waals surface area contributed by atoms with Crippen molar-refractivity contribution in [3.8, 4) is 11.6 Å². The van der Waals surface area contributed by atoms with Crippen molar-refractivity contribution in [1.82, 2.24) is 44.5 Å². The first-order chi connectivity index (χ1) is 16.5. The summed E-state index contributed by atoms with van der Waals surface area (Å²) in [7, 11) is 0. The second kappa shape index (κ2) is 7.73. The van der Waals surface area contributed by atoms with Crippen LogP contribution < -0.4 is 0 Å². The van der Waals surface area contributed by atoms with E-state index in [2.05, 4.69) is 30.4 Å². The molecule has 0 aromatic carbocycles. The topological polar surface area (TPSA) is 123 Å². The molecule has 172 valence electrons. The first-order valence-electron chi connectivity index (χ1n) is 10.1. The Morgan fingerprint density at radius 1 is 1.24 bits per heavy atom. The first kappa shape index (κ1) is 20.5. The number of aromatic nitrogens is 8. The molecule has 0 radical (unpaired) electrons. The number of hydrogen-bond donors (Lipinski definition) is 1. The van der Waals surface area contributed by atoms with Crippen LogP contribution in [0.5, 0.6) is 0 Å². The predicted molar refractivity (Wildman–Crippen MR) is 112 cm³/mol. The van der Waals surface area contributed by atoms with Crippen molar-refractivity contribution >= 4 is 23.0 Å². The average Bonchev–Trinajstić information content (AvgIpc) is 3.62. The van der Waals surface area contributed by atoms with Crippen LogP contribution in [-0.4, -0.2) is 56.9 Å². The molecule has 34 heavy (non-hydrogen) atoms. The number of carbonyl (C=O) groups excluding carboxylic acids is 1. The minimum Gasteiger partial charge on any atom is -0.411 e. The Morgan fingerprint density at radius 2 is 2.12 bits per heavy atom. The number of alkyl halides is 2. The lowest BCUT2D eigenvalue weighted by Gasteiger charge is -2.32. The molecule has 6 rings (SSSR count). The fraction of sp³-hybridized carbons (Fsp3) is 0.200. The van der Waals surface area contributed by atoms with Crippen LogP contribution in [0.15, 0.2) is 47.3 Å². The maximum atomic E-state index is 13.4. The number of nitrogens with one attached hydrogen (secondary N) is 1. The van der Waals surface area contributed by atoms with Gasteiger partial charge in [-0.25, -0.2) is 14.2 Å². The average molecular weight is 486 g/mol. The summed E-state index contributed by atoms with van der Waals surface area (Å²) in [5.74, 6) is -0.988. The number of hydrogen-bond acceptors (Lipinski definition) is 7. The van der Waals surface area contributed by atoms with Crippen molar-refractivity contribution in [2.24, 2.45) is 0 Å². The van der Waals surface area contributed by atoms with E-state index in [4.69, 9.17) is 16.0 Å². The smallest absolute Gasteiger partial charge is 0.333 e. The number of carbonyl (C=O) groups is 1. The third kappa shape index (κ3) is 3.23. The van der Waals surface area contributed by atoms with Crippen molar-refractivity contribution in [3.05, 3.63) is 71.0 Å². The van der Waals surface area contributed by atoms with E-state index >= 15 is 0 Å². The van der Waals surface area contributed by atoms with Gasteiger partial charge in [-0.3, -0.25) is 4.79 Å². The van der Waals surface area contributed by atoms with E-state index in [9.17, 15) is 13.6 Å². The van der Waals surface area contributed by atoms with E-state index in [1.54, 1.807) is 16.9 Å². The van der Waals surface area contributed by atoms with Gasteiger partial charge in [0.05, 0.1) is 23.2 Å². The Labute approximate surface area is 194 Å². The summed E-state index contributed by atoms with van der Waals surface area (Å²) in [6.07, 6.45) is 3.18. The molecule has 5 aromatic heterocycles. The fourth-order valence-electron chi connectivity index (χ4n) is 4.03. The van der Waals surface area contributed by atoms with Crippen molar-refractivity contribution < 1.29 is 18.0 Å². The molecule has 14 heteroatoms. The Balaban J connectivity index is 1.37. The van der Waals surface area contributed by atoms with Crippen LogP contribution in [0.3, 0.4) is 0 Å². The van der Waals surface area contributed by atoms with Gasteiger partial charge >= 0.3 is 18.3 Å². The molecule has 0 bridgehead atoms. The maximum Gasteiger partial charge on any atom is 0.333 e. The Bertz CT molecular complexity index is 1520. The number of amides is 1. The molecule has 11 nitrogen and oxygen atoms in total. The van der Waals surface area contributed by atoms with Gasteiger partial charge in [-0.15, -0.1) is 10.2 Å². The van der Waals surface area contributed by atoms with E-state index < -0.39 is 18.5 Å². The lowest BCUT2D eigenvalue weighted by atomic mass is 9.99. The van der Waals surface area contributed by atoms with Gasteiger partial charge < -0.3 is 14.3 Å². The second-order valence-electron chi connectivity index (χ2n) is 7.54. The summed E-state index contributed by atoms with van der Waals surface area (Å²) in [6, 6.07) is 7.87. The van der Waals surface area contributed by atoms with Crippen LogP contribution in [0.2, 0.25) is 5.15 Å². The van der Waals surface area contributed by atoms with Crippen LogP contribution in [0, 0.1) is 0 Å².